The number of likely N-dealkylation sites (tertiary alicyclic amines) is 2. The highest BCUT2D eigenvalue weighted by Gasteiger charge is 2.49. The van der Waals surface area contributed by atoms with Crippen LogP contribution in [0.4, 0.5) is 4.79 Å². The van der Waals surface area contributed by atoms with Crippen LogP contribution in [-0.2, 0) is 21.4 Å². The summed E-state index contributed by atoms with van der Waals surface area (Å²) in [6.45, 7) is 9.93. The van der Waals surface area contributed by atoms with E-state index in [1.54, 1.807) is 7.05 Å². The fourth-order valence-corrected chi connectivity index (χ4v) is 7.73. The number of imide groups is 1. The number of benzene rings is 1. The van der Waals surface area contributed by atoms with Gasteiger partial charge in [-0.3, -0.25) is 33.8 Å². The van der Waals surface area contributed by atoms with Gasteiger partial charge in [0.05, 0.1) is 17.6 Å². The van der Waals surface area contributed by atoms with E-state index in [0.717, 1.165) is 63.8 Å². The smallest absolute Gasteiger partial charge is 0.407 e. The highest BCUT2D eigenvalue weighted by molar-refractivity contribution is 6.00. The number of carbonyl (C=O) groups excluding carboxylic acids is 3. The first-order chi connectivity index (χ1) is 21.8. The number of aliphatic hydroxyl groups is 1. The number of fused-ring (bicyclic) bond motifs is 1. The number of imidazole rings is 1. The number of alkyl carbamates (subject to hydrolysis) is 1. The second kappa shape index (κ2) is 12.5. The molecule has 0 radical (unpaired) electrons. The maximum atomic E-state index is 13.0. The molecule has 3 N–H and O–H groups in total. The summed E-state index contributed by atoms with van der Waals surface area (Å²) in [5.74, 6) is 5.98. The molecule has 3 amide bonds. The van der Waals surface area contributed by atoms with E-state index in [2.05, 4.69) is 32.3 Å². The molecule has 1 aromatic heterocycles. The monoisotopic (exact) mass is 634 g/mol. The molecule has 3 saturated heterocycles. The molecule has 2 unspecified atom stereocenters. The van der Waals surface area contributed by atoms with Crippen molar-refractivity contribution in [2.45, 2.75) is 89.6 Å². The van der Waals surface area contributed by atoms with Gasteiger partial charge in [0.2, 0.25) is 11.8 Å². The lowest BCUT2D eigenvalue weighted by molar-refractivity contribution is -0.135. The standard InChI is InChI=1S/C34H46N6O6/c1-33(2,3)46-31(44)35-24-10-8-23(9-11-24)30(43)39-17-15-34(21-39)19-38(20-34)16-5-6-22-7-12-25-27(18-22)37(4)32(45)40(25)26-13-14-28(41)36-29(26)42/h7,12,18,23-24,26,30,43H,8-11,13-17,19-21H2,1-4H3,(H,35,44)(H,36,41,42). The van der Waals surface area contributed by atoms with Crippen molar-refractivity contribution in [3.63, 3.8) is 0 Å². The Morgan fingerprint density at radius 1 is 1.11 bits per heavy atom. The zero-order valence-corrected chi connectivity index (χ0v) is 27.3. The lowest BCUT2D eigenvalue weighted by Crippen LogP contribution is -2.58. The molecule has 6 rings (SSSR count). The van der Waals surface area contributed by atoms with Crippen LogP contribution in [0.5, 0.6) is 0 Å². The Kier molecular flexibility index (Phi) is 8.78. The first-order valence-electron chi connectivity index (χ1n) is 16.5. The molecular weight excluding hydrogens is 588 g/mol. The number of aliphatic hydroxyl groups excluding tert-OH is 1. The molecule has 2 aromatic rings. The number of aryl methyl sites for hydroxylation is 1. The zero-order valence-electron chi connectivity index (χ0n) is 27.3. The van der Waals surface area contributed by atoms with E-state index < -0.39 is 23.8 Å². The van der Waals surface area contributed by atoms with Crippen molar-refractivity contribution in [3.05, 3.63) is 34.2 Å². The predicted molar refractivity (Wildman–Crippen MR) is 172 cm³/mol. The van der Waals surface area contributed by atoms with E-state index in [0.29, 0.717) is 24.0 Å². The fourth-order valence-electron chi connectivity index (χ4n) is 7.73. The summed E-state index contributed by atoms with van der Waals surface area (Å²) in [6.07, 6.45) is 4.22. The summed E-state index contributed by atoms with van der Waals surface area (Å²) in [4.78, 5) is 53.8. The summed E-state index contributed by atoms with van der Waals surface area (Å²) in [5, 5.41) is 16.5. The van der Waals surface area contributed by atoms with Crippen LogP contribution < -0.4 is 16.3 Å². The summed E-state index contributed by atoms with van der Waals surface area (Å²) < 4.78 is 8.39. The molecule has 4 fully saturated rings. The van der Waals surface area contributed by atoms with Crippen LogP contribution in [-0.4, -0.2) is 92.5 Å². The molecule has 2 atom stereocenters. The highest BCUT2D eigenvalue weighted by atomic mass is 16.6. The predicted octanol–water partition coefficient (Wildman–Crippen LogP) is 2.08. The quantitative estimate of drug-likeness (QED) is 0.336. The van der Waals surface area contributed by atoms with Gasteiger partial charge in [0.25, 0.3) is 0 Å². The van der Waals surface area contributed by atoms with Crippen molar-refractivity contribution in [2.75, 3.05) is 32.7 Å². The van der Waals surface area contributed by atoms with Crippen LogP contribution in [0.2, 0.25) is 0 Å². The molecule has 248 valence electrons. The summed E-state index contributed by atoms with van der Waals surface area (Å²) in [5.41, 5.74) is 1.54. The Balaban J connectivity index is 0.980. The Morgan fingerprint density at radius 3 is 2.54 bits per heavy atom. The van der Waals surface area contributed by atoms with Crippen LogP contribution >= 0.6 is 0 Å². The van der Waals surface area contributed by atoms with Crippen LogP contribution in [0.1, 0.15) is 77.3 Å². The number of hydrogen-bond acceptors (Lipinski definition) is 8. The van der Waals surface area contributed by atoms with E-state index in [1.165, 1.54) is 9.13 Å². The average molecular weight is 635 g/mol. The van der Waals surface area contributed by atoms with E-state index in [4.69, 9.17) is 4.74 Å². The third-order valence-corrected chi connectivity index (χ3v) is 10.0. The Morgan fingerprint density at radius 2 is 1.85 bits per heavy atom. The molecule has 4 aliphatic rings. The van der Waals surface area contributed by atoms with Gasteiger partial charge in [-0.2, -0.15) is 0 Å². The third kappa shape index (κ3) is 6.73. The van der Waals surface area contributed by atoms with Crippen molar-refractivity contribution in [1.29, 1.82) is 0 Å². The van der Waals surface area contributed by atoms with Crippen LogP contribution in [0.15, 0.2) is 23.0 Å². The minimum Gasteiger partial charge on any atom is -0.444 e. The van der Waals surface area contributed by atoms with Gasteiger partial charge in [-0.1, -0.05) is 11.8 Å². The minimum atomic E-state index is -0.708. The van der Waals surface area contributed by atoms with Gasteiger partial charge in [-0.25, -0.2) is 9.59 Å². The van der Waals surface area contributed by atoms with Crippen molar-refractivity contribution in [3.8, 4) is 11.8 Å². The molecule has 1 aliphatic carbocycles. The zero-order chi connectivity index (χ0) is 32.8. The van der Waals surface area contributed by atoms with Crippen LogP contribution in [0.25, 0.3) is 11.0 Å². The Bertz CT molecular complexity index is 1630. The van der Waals surface area contributed by atoms with Crippen LogP contribution in [0, 0.1) is 23.2 Å². The van der Waals surface area contributed by atoms with Crippen LogP contribution in [0.3, 0.4) is 0 Å². The SMILES string of the molecule is Cn1c(=O)n(C2CCC(=O)NC2=O)c2ccc(C#CCN3CC4(CCN(C(O)C5CCC(NC(=O)OC(C)(C)C)CC5)C4)C3)cc21. The van der Waals surface area contributed by atoms with E-state index in [1.807, 2.05) is 39.0 Å². The number of amides is 3. The number of piperidine rings is 1. The largest absolute Gasteiger partial charge is 0.444 e. The van der Waals surface area contributed by atoms with E-state index in [-0.39, 0.29) is 41.5 Å². The highest BCUT2D eigenvalue weighted by Crippen LogP contribution is 2.41. The maximum absolute atomic E-state index is 13.0. The topological polar surface area (TPSA) is 138 Å². The molecule has 0 bridgehead atoms. The van der Waals surface area contributed by atoms with E-state index >= 15 is 0 Å². The van der Waals surface area contributed by atoms with Crippen molar-refractivity contribution < 1.29 is 24.2 Å². The molecule has 4 heterocycles. The molecular formula is C34H46N6O6. The van der Waals surface area contributed by atoms with E-state index in [9.17, 15) is 24.3 Å². The van der Waals surface area contributed by atoms with Gasteiger partial charge < -0.3 is 15.2 Å². The van der Waals surface area contributed by atoms with Crippen molar-refractivity contribution >= 4 is 28.9 Å². The molecule has 3 aliphatic heterocycles. The van der Waals surface area contributed by atoms with Gasteiger partial charge in [0.1, 0.15) is 17.9 Å². The normalized spacial score (nSPS) is 25.9. The first-order valence-corrected chi connectivity index (χ1v) is 16.5. The number of nitrogens with one attached hydrogen (secondary N) is 2. The summed E-state index contributed by atoms with van der Waals surface area (Å²) >= 11 is 0. The van der Waals surface area contributed by atoms with Crippen molar-refractivity contribution in [1.82, 2.24) is 29.6 Å². The first kappa shape index (κ1) is 32.3. The number of carbonyl (C=O) groups is 3. The van der Waals surface area contributed by atoms with Crippen molar-refractivity contribution in [2.24, 2.45) is 18.4 Å². The molecule has 1 aromatic carbocycles. The second-order valence-electron chi connectivity index (χ2n) is 14.7. The number of nitrogens with zero attached hydrogens (tertiary/aromatic N) is 4. The summed E-state index contributed by atoms with van der Waals surface area (Å²) in [6, 6.07) is 4.95. The number of aromatic nitrogens is 2. The Hall–Kier alpha value is -3.66. The molecule has 1 spiro atoms. The summed E-state index contributed by atoms with van der Waals surface area (Å²) in [7, 11) is 1.68. The molecule has 12 heteroatoms. The van der Waals surface area contributed by atoms with Gasteiger partial charge >= 0.3 is 11.8 Å². The molecule has 12 nitrogen and oxygen atoms in total. The second-order valence-corrected chi connectivity index (χ2v) is 14.7. The molecule has 46 heavy (non-hydrogen) atoms. The number of rotatable bonds is 5. The Labute approximate surface area is 269 Å². The van der Waals surface area contributed by atoms with Gasteiger partial charge in [0, 0.05) is 56.7 Å². The maximum Gasteiger partial charge on any atom is 0.407 e. The average Bonchev–Trinajstić information content (AvgIpc) is 3.52. The number of hydrogen-bond donors (Lipinski definition) is 3. The lowest BCUT2D eigenvalue weighted by Gasteiger charge is -2.48. The third-order valence-electron chi connectivity index (χ3n) is 10.0. The lowest BCUT2D eigenvalue weighted by atomic mass is 9.79. The fraction of sp³-hybridized carbons (Fsp3) is 0.647. The van der Waals surface area contributed by atoms with Gasteiger partial charge in [-0.15, -0.1) is 0 Å². The number of ether oxygens (including phenoxy) is 1. The van der Waals surface area contributed by atoms with Gasteiger partial charge in [0.15, 0.2) is 0 Å². The molecule has 1 saturated carbocycles. The van der Waals surface area contributed by atoms with Gasteiger partial charge in [-0.05, 0) is 83.4 Å². The minimum absolute atomic E-state index is 0.0947.